The van der Waals surface area contributed by atoms with E-state index in [1.54, 1.807) is 0 Å². The van der Waals surface area contributed by atoms with Crippen LogP contribution in [-0.2, 0) is 32.7 Å². The fraction of sp³-hybridized carbons (Fsp3) is 0.857. The topological polar surface area (TPSA) is 149 Å². The Bertz CT molecular complexity index is 941. The molecule has 0 fully saturated rings. The molecule has 0 aliphatic heterocycles. The molecule has 0 saturated carbocycles. The summed E-state index contributed by atoms with van der Waals surface area (Å²) in [5.74, 6) is -0.931. The highest BCUT2D eigenvalue weighted by Gasteiger charge is 2.27. The first kappa shape index (κ1) is 51.5. The van der Waals surface area contributed by atoms with E-state index in [1.165, 1.54) is 103 Å². The van der Waals surface area contributed by atoms with E-state index in [-0.39, 0.29) is 19.4 Å². The highest BCUT2D eigenvalue weighted by Crippen LogP contribution is 2.43. The number of esters is 2. The van der Waals surface area contributed by atoms with Gasteiger partial charge in [-0.05, 0) is 64.2 Å². The maximum absolute atomic E-state index is 12.6. The second kappa shape index (κ2) is 38.7. The summed E-state index contributed by atoms with van der Waals surface area (Å²) in [5.41, 5.74) is 0. The van der Waals surface area contributed by atoms with Gasteiger partial charge in [-0.3, -0.25) is 18.6 Å². The molecule has 312 valence electrons. The van der Waals surface area contributed by atoms with Gasteiger partial charge in [0.05, 0.1) is 19.8 Å². The van der Waals surface area contributed by atoms with Gasteiger partial charge in [-0.15, -0.1) is 0 Å². The standard InChI is InChI=1S/C42H79O10P/c1-3-5-7-9-11-13-15-17-19-21-23-25-27-29-31-33-41(45)49-37-40(38-51-53(47,48)50-36-39(44)35-43)52-42(46)34-32-30-28-26-24-22-20-18-16-14-12-10-8-6-4-2/h13-16,39-40,43-44H,3-12,17-38H2,1-2H3,(H,47,48)/b15-13+,16-14+/t39-,40+/m0/s1. The van der Waals surface area contributed by atoms with Crippen molar-refractivity contribution in [2.75, 3.05) is 26.4 Å². The minimum absolute atomic E-state index is 0.180. The van der Waals surface area contributed by atoms with Crippen molar-refractivity contribution < 1.29 is 47.8 Å². The van der Waals surface area contributed by atoms with Crippen LogP contribution in [0.2, 0.25) is 0 Å². The summed E-state index contributed by atoms with van der Waals surface area (Å²) in [6, 6.07) is 0. The maximum Gasteiger partial charge on any atom is 0.472 e. The van der Waals surface area contributed by atoms with E-state index in [0.717, 1.165) is 51.4 Å². The summed E-state index contributed by atoms with van der Waals surface area (Å²) in [4.78, 5) is 34.9. The molecule has 0 rings (SSSR count). The number of aliphatic hydroxyl groups excluding tert-OH is 2. The van der Waals surface area contributed by atoms with Gasteiger partial charge in [0, 0.05) is 12.8 Å². The lowest BCUT2D eigenvalue weighted by Crippen LogP contribution is -2.29. The van der Waals surface area contributed by atoms with Gasteiger partial charge in [0.1, 0.15) is 12.7 Å². The van der Waals surface area contributed by atoms with Crippen LogP contribution in [0.3, 0.4) is 0 Å². The first-order valence-electron chi connectivity index (χ1n) is 21.3. The van der Waals surface area contributed by atoms with Gasteiger partial charge in [0.15, 0.2) is 6.10 Å². The molecule has 0 aromatic carbocycles. The molecule has 10 nitrogen and oxygen atoms in total. The first-order valence-corrected chi connectivity index (χ1v) is 22.8. The smallest absolute Gasteiger partial charge is 0.462 e. The largest absolute Gasteiger partial charge is 0.472 e. The maximum atomic E-state index is 12.6. The Morgan fingerprint density at radius 2 is 0.925 bits per heavy atom. The Labute approximate surface area is 323 Å². The van der Waals surface area contributed by atoms with Crippen LogP contribution in [0.15, 0.2) is 24.3 Å². The average molecular weight is 775 g/mol. The van der Waals surface area contributed by atoms with Crippen LogP contribution in [0.4, 0.5) is 0 Å². The summed E-state index contributed by atoms with van der Waals surface area (Å²) in [7, 11) is -4.61. The number of phosphoric ester groups is 1. The lowest BCUT2D eigenvalue weighted by Gasteiger charge is -2.20. The minimum Gasteiger partial charge on any atom is -0.462 e. The third kappa shape index (κ3) is 38.5. The first-order chi connectivity index (χ1) is 25.7. The molecular weight excluding hydrogens is 695 g/mol. The van der Waals surface area contributed by atoms with Crippen LogP contribution in [0.5, 0.6) is 0 Å². The molecule has 0 bridgehead atoms. The lowest BCUT2D eigenvalue weighted by atomic mass is 10.1. The number of carbonyl (C=O) groups excluding carboxylic acids is 2. The molecule has 0 aliphatic rings. The second-order valence-electron chi connectivity index (χ2n) is 14.4. The third-order valence-electron chi connectivity index (χ3n) is 9.08. The molecule has 0 amide bonds. The predicted octanol–water partition coefficient (Wildman–Crippen LogP) is 11.0. The number of hydrogen-bond acceptors (Lipinski definition) is 9. The van der Waals surface area contributed by atoms with Gasteiger partial charge in [0.2, 0.25) is 0 Å². The summed E-state index contributed by atoms with van der Waals surface area (Å²) in [5, 5.41) is 18.3. The van der Waals surface area contributed by atoms with Crippen molar-refractivity contribution in [3.05, 3.63) is 24.3 Å². The molecule has 11 heteroatoms. The van der Waals surface area contributed by atoms with Gasteiger partial charge in [-0.1, -0.05) is 141 Å². The summed E-state index contributed by atoms with van der Waals surface area (Å²) in [6.45, 7) is 2.35. The Balaban J connectivity index is 4.31. The minimum atomic E-state index is -4.61. The molecule has 0 spiro atoms. The molecule has 1 unspecified atom stereocenters. The highest BCUT2D eigenvalue weighted by atomic mass is 31.2. The lowest BCUT2D eigenvalue weighted by molar-refractivity contribution is -0.161. The zero-order chi connectivity index (χ0) is 39.1. The number of allylic oxidation sites excluding steroid dienone is 4. The van der Waals surface area contributed by atoms with Crippen molar-refractivity contribution in [3.8, 4) is 0 Å². The van der Waals surface area contributed by atoms with E-state index in [2.05, 4.69) is 42.7 Å². The Kier molecular flexibility index (Phi) is 37.6. The zero-order valence-corrected chi connectivity index (χ0v) is 34.6. The fourth-order valence-electron chi connectivity index (χ4n) is 5.75. The number of ether oxygens (including phenoxy) is 2. The van der Waals surface area contributed by atoms with Crippen molar-refractivity contribution in [2.45, 2.75) is 206 Å². The van der Waals surface area contributed by atoms with E-state index in [9.17, 15) is 24.2 Å². The Morgan fingerprint density at radius 1 is 0.547 bits per heavy atom. The molecule has 0 saturated heterocycles. The van der Waals surface area contributed by atoms with E-state index in [4.69, 9.17) is 19.1 Å². The van der Waals surface area contributed by atoms with Gasteiger partial charge in [0.25, 0.3) is 0 Å². The molecule has 0 aromatic heterocycles. The van der Waals surface area contributed by atoms with Crippen molar-refractivity contribution in [3.63, 3.8) is 0 Å². The normalized spacial score (nSPS) is 14.1. The van der Waals surface area contributed by atoms with Crippen molar-refractivity contribution in [2.24, 2.45) is 0 Å². The number of unbranched alkanes of at least 4 members (excludes halogenated alkanes) is 22. The monoisotopic (exact) mass is 775 g/mol. The zero-order valence-electron chi connectivity index (χ0n) is 33.7. The summed E-state index contributed by atoms with van der Waals surface area (Å²) >= 11 is 0. The quantitative estimate of drug-likeness (QED) is 0.0238. The molecule has 53 heavy (non-hydrogen) atoms. The number of carbonyl (C=O) groups is 2. The summed E-state index contributed by atoms with van der Waals surface area (Å²) < 4.78 is 32.7. The van der Waals surface area contributed by atoms with Gasteiger partial charge >= 0.3 is 19.8 Å². The molecule has 3 N–H and O–H groups in total. The number of phosphoric acid groups is 1. The molecule has 0 aliphatic carbocycles. The third-order valence-corrected chi connectivity index (χ3v) is 10.0. The van der Waals surface area contributed by atoms with Crippen LogP contribution < -0.4 is 0 Å². The molecule has 0 aromatic rings. The fourth-order valence-corrected chi connectivity index (χ4v) is 6.54. The molecule has 0 heterocycles. The van der Waals surface area contributed by atoms with Crippen molar-refractivity contribution in [1.82, 2.24) is 0 Å². The highest BCUT2D eigenvalue weighted by molar-refractivity contribution is 7.47. The van der Waals surface area contributed by atoms with Gasteiger partial charge in [-0.2, -0.15) is 0 Å². The van der Waals surface area contributed by atoms with Crippen LogP contribution in [-0.4, -0.2) is 65.7 Å². The summed E-state index contributed by atoms with van der Waals surface area (Å²) in [6.07, 6.45) is 37.1. The predicted molar refractivity (Wildman–Crippen MR) is 215 cm³/mol. The van der Waals surface area contributed by atoms with Crippen LogP contribution in [0, 0.1) is 0 Å². The SMILES string of the molecule is CCCCCC/C=C/CCCCCCCCCC(=O)OC[C@H](COP(=O)(O)OC[C@@H](O)CO)OC(=O)CCCCCCCCC/C=C/CCCCCC. The number of hydrogen-bond donors (Lipinski definition) is 3. The Morgan fingerprint density at radius 3 is 1.36 bits per heavy atom. The Hall–Kier alpha value is -1.55. The van der Waals surface area contributed by atoms with E-state index < -0.39 is 51.8 Å². The average Bonchev–Trinajstić information content (AvgIpc) is 3.14. The van der Waals surface area contributed by atoms with E-state index >= 15 is 0 Å². The molecule has 0 radical (unpaired) electrons. The number of aliphatic hydroxyl groups is 2. The van der Waals surface area contributed by atoms with Crippen molar-refractivity contribution in [1.29, 1.82) is 0 Å². The van der Waals surface area contributed by atoms with Crippen LogP contribution in [0.1, 0.15) is 194 Å². The van der Waals surface area contributed by atoms with E-state index in [0.29, 0.717) is 12.8 Å². The van der Waals surface area contributed by atoms with E-state index in [1.807, 2.05) is 0 Å². The van der Waals surface area contributed by atoms with Crippen LogP contribution >= 0.6 is 7.82 Å². The molecule has 3 atom stereocenters. The van der Waals surface area contributed by atoms with Crippen molar-refractivity contribution >= 4 is 19.8 Å². The second-order valence-corrected chi connectivity index (χ2v) is 15.8. The number of rotatable bonds is 40. The van der Waals surface area contributed by atoms with Crippen LogP contribution in [0.25, 0.3) is 0 Å². The molecular formula is C42H79O10P. The van der Waals surface area contributed by atoms with Gasteiger partial charge < -0.3 is 24.6 Å². The van der Waals surface area contributed by atoms with Gasteiger partial charge in [-0.25, -0.2) is 4.57 Å².